The molecule has 1 aliphatic rings. The molecule has 0 saturated carbocycles. The number of hydrogen-bond donors (Lipinski definition) is 2. The van der Waals surface area contributed by atoms with Crippen molar-refractivity contribution < 1.29 is 14.3 Å². The van der Waals surface area contributed by atoms with Gasteiger partial charge < -0.3 is 15.4 Å². The molecule has 0 aromatic rings. The van der Waals surface area contributed by atoms with Crippen molar-refractivity contribution >= 4 is 11.8 Å². The largest absolute Gasteiger partial charge is 0.375 e. The molecule has 1 rings (SSSR count). The monoisotopic (exact) mass is 270 g/mol. The molecule has 0 unspecified atom stereocenters. The minimum atomic E-state index is -0.457. The lowest BCUT2D eigenvalue weighted by Gasteiger charge is -2.21. The summed E-state index contributed by atoms with van der Waals surface area (Å²) < 4.78 is 5.67. The van der Waals surface area contributed by atoms with E-state index in [1.54, 1.807) is 7.05 Å². The fraction of sp³-hybridized carbons (Fsp3) is 0.857. The first-order chi connectivity index (χ1) is 8.93. The lowest BCUT2D eigenvalue weighted by Crippen LogP contribution is -2.48. The maximum absolute atomic E-state index is 11.9. The molecular weight excluding hydrogens is 244 g/mol. The van der Waals surface area contributed by atoms with Crippen molar-refractivity contribution in [1.82, 2.24) is 10.6 Å². The molecule has 0 spiro atoms. The van der Waals surface area contributed by atoms with Gasteiger partial charge in [-0.15, -0.1) is 0 Å². The third kappa shape index (κ3) is 5.19. The van der Waals surface area contributed by atoms with E-state index < -0.39 is 6.04 Å². The van der Waals surface area contributed by atoms with Gasteiger partial charge in [0, 0.05) is 13.5 Å². The Morgan fingerprint density at radius 1 is 1.32 bits per heavy atom. The molecule has 0 aliphatic carbocycles. The highest BCUT2D eigenvalue weighted by Gasteiger charge is 2.25. The van der Waals surface area contributed by atoms with Crippen LogP contribution in [0, 0.1) is 5.92 Å². The van der Waals surface area contributed by atoms with Gasteiger partial charge in [0.1, 0.15) is 6.04 Å². The van der Waals surface area contributed by atoms with E-state index in [1.165, 1.54) is 0 Å². The second-order valence-electron chi connectivity index (χ2n) is 5.59. The number of amides is 2. The highest BCUT2D eigenvalue weighted by atomic mass is 16.5. The molecule has 110 valence electrons. The van der Waals surface area contributed by atoms with E-state index in [9.17, 15) is 9.59 Å². The van der Waals surface area contributed by atoms with Crippen molar-refractivity contribution in [3.05, 3.63) is 0 Å². The average Bonchev–Trinajstić information content (AvgIpc) is 2.78. The number of rotatable bonds is 6. The summed E-state index contributed by atoms with van der Waals surface area (Å²) in [6, 6.07) is -0.457. The SMILES string of the molecule is CNC(=O)[C@H](NC(=O)CC[C@H]1CC[C@@H](C)O1)C(C)C. The van der Waals surface area contributed by atoms with Crippen LogP contribution in [-0.2, 0) is 14.3 Å². The first-order valence-corrected chi connectivity index (χ1v) is 7.10. The Morgan fingerprint density at radius 3 is 2.47 bits per heavy atom. The highest BCUT2D eigenvalue weighted by molar-refractivity contribution is 5.87. The lowest BCUT2D eigenvalue weighted by molar-refractivity contribution is -0.130. The van der Waals surface area contributed by atoms with Gasteiger partial charge in [-0.05, 0) is 32.1 Å². The number of likely N-dealkylation sites (N-methyl/N-ethyl adjacent to an activating group) is 1. The Morgan fingerprint density at radius 2 is 2.00 bits per heavy atom. The predicted octanol–water partition coefficient (Wildman–Crippen LogP) is 1.22. The zero-order valence-corrected chi connectivity index (χ0v) is 12.4. The van der Waals surface area contributed by atoms with Gasteiger partial charge in [-0.25, -0.2) is 0 Å². The summed E-state index contributed by atoms with van der Waals surface area (Å²) >= 11 is 0. The molecule has 0 aromatic heterocycles. The van der Waals surface area contributed by atoms with Crippen molar-refractivity contribution in [3.63, 3.8) is 0 Å². The van der Waals surface area contributed by atoms with Crippen molar-refractivity contribution in [2.45, 2.75) is 64.7 Å². The number of hydrogen-bond acceptors (Lipinski definition) is 3. The van der Waals surface area contributed by atoms with Crippen molar-refractivity contribution in [1.29, 1.82) is 0 Å². The zero-order valence-electron chi connectivity index (χ0n) is 12.4. The van der Waals surface area contributed by atoms with Crippen LogP contribution in [0.4, 0.5) is 0 Å². The second kappa shape index (κ2) is 7.48. The van der Waals surface area contributed by atoms with Crippen LogP contribution >= 0.6 is 0 Å². The molecule has 1 fully saturated rings. The Kier molecular flexibility index (Phi) is 6.28. The third-order valence-electron chi connectivity index (χ3n) is 3.53. The van der Waals surface area contributed by atoms with Gasteiger partial charge >= 0.3 is 0 Å². The molecule has 0 aromatic carbocycles. The van der Waals surface area contributed by atoms with Crippen LogP contribution in [-0.4, -0.2) is 37.1 Å². The molecule has 0 bridgehead atoms. The molecule has 5 nitrogen and oxygen atoms in total. The van der Waals surface area contributed by atoms with Gasteiger partial charge in [-0.2, -0.15) is 0 Å². The molecule has 1 heterocycles. The molecule has 19 heavy (non-hydrogen) atoms. The fourth-order valence-corrected chi connectivity index (χ4v) is 2.33. The Hall–Kier alpha value is -1.10. The van der Waals surface area contributed by atoms with Crippen LogP contribution in [0.25, 0.3) is 0 Å². The highest BCUT2D eigenvalue weighted by Crippen LogP contribution is 2.22. The molecular formula is C14H26N2O3. The maximum atomic E-state index is 11.9. The minimum Gasteiger partial charge on any atom is -0.375 e. The summed E-state index contributed by atoms with van der Waals surface area (Å²) in [6.45, 7) is 5.89. The van der Waals surface area contributed by atoms with Gasteiger partial charge in [-0.1, -0.05) is 13.8 Å². The van der Waals surface area contributed by atoms with E-state index in [-0.39, 0.29) is 23.8 Å². The first kappa shape index (κ1) is 16.0. The summed E-state index contributed by atoms with van der Waals surface area (Å²) in [6.07, 6.45) is 3.74. The second-order valence-corrected chi connectivity index (χ2v) is 5.59. The van der Waals surface area contributed by atoms with Crippen LogP contribution in [0.1, 0.15) is 46.5 Å². The van der Waals surface area contributed by atoms with Crippen LogP contribution < -0.4 is 10.6 Å². The van der Waals surface area contributed by atoms with Crippen LogP contribution in [0.15, 0.2) is 0 Å². The summed E-state index contributed by atoms with van der Waals surface area (Å²) in [4.78, 5) is 23.5. The fourth-order valence-electron chi connectivity index (χ4n) is 2.33. The molecule has 1 saturated heterocycles. The van der Waals surface area contributed by atoms with E-state index in [0.717, 1.165) is 19.3 Å². The topological polar surface area (TPSA) is 67.4 Å². The van der Waals surface area contributed by atoms with E-state index >= 15 is 0 Å². The summed E-state index contributed by atoms with van der Waals surface area (Å²) in [5.41, 5.74) is 0. The van der Waals surface area contributed by atoms with Crippen molar-refractivity contribution in [2.24, 2.45) is 5.92 Å². The van der Waals surface area contributed by atoms with Crippen LogP contribution in [0.3, 0.4) is 0 Å². The van der Waals surface area contributed by atoms with Crippen LogP contribution in [0.2, 0.25) is 0 Å². The first-order valence-electron chi connectivity index (χ1n) is 7.10. The Labute approximate surface area is 115 Å². The van der Waals surface area contributed by atoms with Gasteiger partial charge in [-0.3, -0.25) is 9.59 Å². The Bertz CT molecular complexity index is 318. The maximum Gasteiger partial charge on any atom is 0.242 e. The van der Waals surface area contributed by atoms with Crippen molar-refractivity contribution in [3.8, 4) is 0 Å². The van der Waals surface area contributed by atoms with E-state index in [4.69, 9.17) is 4.74 Å². The molecule has 2 N–H and O–H groups in total. The van der Waals surface area contributed by atoms with Gasteiger partial charge in [0.25, 0.3) is 0 Å². The van der Waals surface area contributed by atoms with Gasteiger partial charge in [0.2, 0.25) is 11.8 Å². The predicted molar refractivity (Wildman–Crippen MR) is 73.6 cm³/mol. The third-order valence-corrected chi connectivity index (χ3v) is 3.53. The molecule has 5 heteroatoms. The lowest BCUT2D eigenvalue weighted by atomic mass is 10.0. The standard InChI is InChI=1S/C14H26N2O3/c1-9(2)13(14(18)15-4)16-12(17)8-7-11-6-5-10(3)19-11/h9-11,13H,5-8H2,1-4H3,(H,15,18)(H,16,17)/t10-,11-,13-/m1/s1. The van der Waals surface area contributed by atoms with E-state index in [2.05, 4.69) is 17.6 Å². The zero-order chi connectivity index (χ0) is 14.4. The number of carbonyl (C=O) groups is 2. The quantitative estimate of drug-likeness (QED) is 0.762. The molecule has 0 radical (unpaired) electrons. The average molecular weight is 270 g/mol. The van der Waals surface area contributed by atoms with Crippen molar-refractivity contribution in [2.75, 3.05) is 7.05 Å². The normalized spacial score (nSPS) is 24.3. The van der Waals surface area contributed by atoms with E-state index in [0.29, 0.717) is 12.5 Å². The van der Waals surface area contributed by atoms with Gasteiger partial charge in [0.05, 0.1) is 12.2 Å². The molecule has 2 amide bonds. The Balaban J connectivity index is 2.34. The smallest absolute Gasteiger partial charge is 0.242 e. The van der Waals surface area contributed by atoms with Gasteiger partial charge in [0.15, 0.2) is 0 Å². The number of ether oxygens (including phenoxy) is 1. The van der Waals surface area contributed by atoms with Crippen LogP contribution in [0.5, 0.6) is 0 Å². The van der Waals surface area contributed by atoms with E-state index in [1.807, 2.05) is 13.8 Å². The minimum absolute atomic E-state index is 0.0756. The number of nitrogens with one attached hydrogen (secondary N) is 2. The molecule has 3 atom stereocenters. The summed E-state index contributed by atoms with van der Waals surface area (Å²) in [5.74, 6) is -0.147. The summed E-state index contributed by atoms with van der Waals surface area (Å²) in [5, 5.41) is 5.37. The number of carbonyl (C=O) groups excluding carboxylic acids is 2. The molecule has 1 aliphatic heterocycles. The summed E-state index contributed by atoms with van der Waals surface area (Å²) in [7, 11) is 1.58.